The maximum Gasteiger partial charge on any atom is 0.442 e. The van der Waals surface area contributed by atoms with E-state index in [-0.39, 0.29) is 23.2 Å². The van der Waals surface area contributed by atoms with Crippen LogP contribution in [0.3, 0.4) is 0 Å². The fraction of sp³-hybridized carbons (Fsp3) is 0.294. The largest absolute Gasteiger partial charge is 0.493 e. The fourth-order valence-electron chi connectivity index (χ4n) is 2.51. The smallest absolute Gasteiger partial charge is 0.442 e. The summed E-state index contributed by atoms with van der Waals surface area (Å²) in [6.45, 7) is -0.0606. The van der Waals surface area contributed by atoms with Crippen LogP contribution in [0.4, 0.5) is 0 Å². The molecule has 0 bridgehead atoms. The minimum absolute atomic E-state index is 0.0606. The summed E-state index contributed by atoms with van der Waals surface area (Å²) in [6.07, 6.45) is 0. The van der Waals surface area contributed by atoms with Crippen molar-refractivity contribution in [1.29, 1.82) is 0 Å². The summed E-state index contributed by atoms with van der Waals surface area (Å²) < 4.78 is 47.2. The Morgan fingerprint density at radius 1 is 1.11 bits per heavy atom. The highest BCUT2D eigenvalue weighted by molar-refractivity contribution is 7.88. The Morgan fingerprint density at radius 2 is 1.82 bits per heavy atom. The van der Waals surface area contributed by atoms with Gasteiger partial charge in [-0.2, -0.15) is 0 Å². The van der Waals surface area contributed by atoms with Gasteiger partial charge in [0.05, 0.1) is 20.8 Å². The molecule has 3 rings (SSSR count). The molecular formula is C17H19N3O7S. The van der Waals surface area contributed by atoms with Crippen LogP contribution < -0.4 is 15.2 Å². The van der Waals surface area contributed by atoms with E-state index < -0.39 is 15.8 Å². The lowest BCUT2D eigenvalue weighted by atomic mass is 10.2. The second-order valence-electron chi connectivity index (χ2n) is 5.94. The molecule has 28 heavy (non-hydrogen) atoms. The molecule has 0 unspecified atom stereocenters. The van der Waals surface area contributed by atoms with Crippen molar-refractivity contribution in [1.82, 2.24) is 14.0 Å². The van der Waals surface area contributed by atoms with E-state index in [1.54, 1.807) is 18.2 Å². The van der Waals surface area contributed by atoms with Gasteiger partial charge in [-0.3, -0.25) is 4.52 Å². The van der Waals surface area contributed by atoms with Gasteiger partial charge in [0.1, 0.15) is 5.76 Å². The Labute approximate surface area is 160 Å². The van der Waals surface area contributed by atoms with Gasteiger partial charge in [0, 0.05) is 19.7 Å². The first kappa shape index (κ1) is 19.7. The van der Waals surface area contributed by atoms with Crippen molar-refractivity contribution in [3.8, 4) is 22.9 Å². The SMILES string of the molecule is COc1ccc(-c2noc(=O)n2Cc2ccc(S(=O)(=O)N(C)C)o2)cc1OC. The summed E-state index contributed by atoms with van der Waals surface area (Å²) in [6, 6.07) is 7.83. The molecule has 10 nitrogen and oxygen atoms in total. The molecule has 0 radical (unpaired) electrons. The van der Waals surface area contributed by atoms with Crippen molar-refractivity contribution in [2.24, 2.45) is 0 Å². The molecular weight excluding hydrogens is 390 g/mol. The highest BCUT2D eigenvalue weighted by Crippen LogP contribution is 2.31. The first-order chi connectivity index (χ1) is 13.3. The summed E-state index contributed by atoms with van der Waals surface area (Å²) in [5.74, 6) is 0.762. The average molecular weight is 409 g/mol. The molecule has 0 saturated heterocycles. The summed E-state index contributed by atoms with van der Waals surface area (Å²) >= 11 is 0. The van der Waals surface area contributed by atoms with Crippen LogP contribution in [0.15, 0.2) is 49.2 Å². The van der Waals surface area contributed by atoms with Crippen LogP contribution in [0.25, 0.3) is 11.4 Å². The number of sulfonamides is 1. The van der Waals surface area contributed by atoms with Crippen molar-refractivity contribution < 1.29 is 26.8 Å². The van der Waals surface area contributed by atoms with Crippen molar-refractivity contribution in [2.45, 2.75) is 11.6 Å². The molecule has 0 aliphatic carbocycles. The number of furan rings is 1. The Morgan fingerprint density at radius 3 is 2.46 bits per heavy atom. The van der Waals surface area contributed by atoms with Crippen molar-refractivity contribution in [3.05, 3.63) is 46.6 Å². The topological polar surface area (TPSA) is 117 Å². The fourth-order valence-corrected chi connectivity index (χ4v) is 3.32. The van der Waals surface area contributed by atoms with Crippen LogP contribution in [0.5, 0.6) is 11.5 Å². The third kappa shape index (κ3) is 3.53. The third-order valence-electron chi connectivity index (χ3n) is 4.01. The summed E-state index contributed by atoms with van der Waals surface area (Å²) in [7, 11) is 2.09. The van der Waals surface area contributed by atoms with E-state index in [9.17, 15) is 13.2 Å². The van der Waals surface area contributed by atoms with E-state index in [0.29, 0.717) is 17.1 Å². The molecule has 11 heteroatoms. The molecule has 3 aromatic rings. The van der Waals surface area contributed by atoms with Crippen molar-refractivity contribution in [2.75, 3.05) is 28.3 Å². The number of rotatable bonds is 7. The van der Waals surface area contributed by atoms with Crippen molar-refractivity contribution in [3.63, 3.8) is 0 Å². The summed E-state index contributed by atoms with van der Waals surface area (Å²) in [5, 5.41) is 3.59. The summed E-state index contributed by atoms with van der Waals surface area (Å²) in [5.41, 5.74) is 0.552. The molecule has 0 saturated carbocycles. The van der Waals surface area contributed by atoms with Gasteiger partial charge >= 0.3 is 5.76 Å². The number of aromatic nitrogens is 2. The molecule has 150 valence electrons. The van der Waals surface area contributed by atoms with Crippen molar-refractivity contribution >= 4 is 10.0 Å². The number of hydrogen-bond donors (Lipinski definition) is 0. The molecule has 1 aromatic carbocycles. The van der Waals surface area contributed by atoms with Gasteiger partial charge in [0.2, 0.25) is 5.09 Å². The van der Waals surface area contributed by atoms with Crippen LogP contribution in [-0.2, 0) is 16.6 Å². The van der Waals surface area contributed by atoms with Gasteiger partial charge in [-0.1, -0.05) is 5.16 Å². The van der Waals surface area contributed by atoms with E-state index in [0.717, 1.165) is 4.31 Å². The number of nitrogens with zero attached hydrogens (tertiary/aromatic N) is 3. The maximum absolute atomic E-state index is 12.1. The highest BCUT2D eigenvalue weighted by atomic mass is 32.2. The Hall–Kier alpha value is -3.05. The van der Waals surface area contributed by atoms with E-state index in [1.807, 2.05) is 0 Å². The van der Waals surface area contributed by atoms with Gasteiger partial charge in [-0.15, -0.1) is 0 Å². The normalized spacial score (nSPS) is 11.8. The minimum Gasteiger partial charge on any atom is -0.493 e. The molecule has 0 atom stereocenters. The van der Waals surface area contributed by atoms with Gasteiger partial charge < -0.3 is 13.9 Å². The van der Waals surface area contributed by atoms with E-state index >= 15 is 0 Å². The molecule has 0 amide bonds. The van der Waals surface area contributed by atoms with Gasteiger partial charge in [0.15, 0.2) is 17.3 Å². The van der Waals surface area contributed by atoms with Crippen LogP contribution in [-0.4, -0.2) is 50.8 Å². The standard InChI is InChI=1S/C17H19N3O7S/c1-19(2)28(22,23)15-8-6-12(26-15)10-20-16(18-27-17(20)21)11-5-7-13(24-3)14(9-11)25-4/h5-9H,10H2,1-4H3. The quantitative estimate of drug-likeness (QED) is 0.575. The molecule has 0 aliphatic rings. The minimum atomic E-state index is -3.71. The molecule has 2 heterocycles. The average Bonchev–Trinajstić information content (AvgIpc) is 3.29. The van der Waals surface area contributed by atoms with Crippen LogP contribution in [0.2, 0.25) is 0 Å². The highest BCUT2D eigenvalue weighted by Gasteiger charge is 2.23. The molecule has 0 fully saturated rings. The second-order valence-corrected chi connectivity index (χ2v) is 8.02. The first-order valence-electron chi connectivity index (χ1n) is 8.08. The Kier molecular flexibility index (Phi) is 5.29. The number of benzene rings is 1. The number of methoxy groups -OCH3 is 2. The van der Waals surface area contributed by atoms with E-state index in [4.69, 9.17) is 18.4 Å². The summed E-state index contributed by atoms with van der Waals surface area (Å²) in [4.78, 5) is 12.1. The van der Waals surface area contributed by atoms with Gasteiger partial charge in [-0.25, -0.2) is 22.1 Å². The third-order valence-corrected chi connectivity index (χ3v) is 5.70. The van der Waals surface area contributed by atoms with E-state index in [1.165, 1.54) is 45.0 Å². The molecule has 0 aliphatic heterocycles. The zero-order valence-corrected chi connectivity index (χ0v) is 16.5. The maximum atomic E-state index is 12.1. The Balaban J connectivity index is 1.97. The van der Waals surface area contributed by atoms with Gasteiger partial charge in [-0.05, 0) is 30.3 Å². The molecule has 0 N–H and O–H groups in total. The predicted molar refractivity (Wildman–Crippen MR) is 98.0 cm³/mol. The number of hydrogen-bond acceptors (Lipinski definition) is 8. The lowest BCUT2D eigenvalue weighted by Crippen LogP contribution is -2.21. The predicted octanol–water partition coefficient (Wildman–Crippen LogP) is 1.41. The lowest BCUT2D eigenvalue weighted by molar-refractivity contribution is 0.355. The zero-order valence-electron chi connectivity index (χ0n) is 15.7. The molecule has 2 aromatic heterocycles. The van der Waals surface area contributed by atoms with Crippen LogP contribution in [0.1, 0.15) is 5.76 Å². The monoisotopic (exact) mass is 409 g/mol. The second kappa shape index (κ2) is 7.52. The first-order valence-corrected chi connectivity index (χ1v) is 9.52. The van der Waals surface area contributed by atoms with Crippen LogP contribution >= 0.6 is 0 Å². The zero-order chi connectivity index (χ0) is 20.5. The number of ether oxygens (including phenoxy) is 2. The Bertz CT molecular complexity index is 1140. The van der Waals surface area contributed by atoms with Crippen LogP contribution in [0, 0.1) is 0 Å². The van der Waals surface area contributed by atoms with Gasteiger partial charge in [0.25, 0.3) is 10.0 Å². The van der Waals surface area contributed by atoms with E-state index in [2.05, 4.69) is 5.16 Å². The lowest BCUT2D eigenvalue weighted by Gasteiger charge is -2.09. The molecule has 0 spiro atoms.